The topological polar surface area (TPSA) is 26.0 Å². The molecule has 1 rings (SSSR count). The van der Waals surface area contributed by atoms with Gasteiger partial charge in [0.15, 0.2) is 0 Å². The van der Waals surface area contributed by atoms with E-state index in [1.165, 1.54) is 0 Å². The zero-order chi connectivity index (χ0) is 6.69. The van der Waals surface area contributed by atoms with Crippen molar-refractivity contribution in [3.63, 3.8) is 0 Å². The van der Waals surface area contributed by atoms with Gasteiger partial charge in [-0.25, -0.2) is 0 Å². The van der Waals surface area contributed by atoms with Gasteiger partial charge in [-0.3, -0.25) is 0 Å². The van der Waals surface area contributed by atoms with E-state index in [2.05, 4.69) is 11.7 Å². The summed E-state index contributed by atoms with van der Waals surface area (Å²) in [5, 5.41) is 3.71. The summed E-state index contributed by atoms with van der Waals surface area (Å²) in [5.41, 5.74) is 0.812. The van der Waals surface area contributed by atoms with Crippen LogP contribution < -0.4 is 0 Å². The average molecular weight is 123 g/mol. The van der Waals surface area contributed by atoms with Gasteiger partial charge in [0.25, 0.3) is 0 Å². The Bertz CT molecular complexity index is 202. The fourth-order valence-electron chi connectivity index (χ4n) is 0.592. The predicted molar refractivity (Wildman–Crippen MR) is 36.0 cm³/mol. The normalized spacial score (nSPS) is 9.44. The molecule has 9 heavy (non-hydrogen) atoms. The Morgan fingerprint density at radius 1 is 1.89 bits per heavy atom. The quantitative estimate of drug-likeness (QED) is 0.600. The van der Waals surface area contributed by atoms with Crippen LogP contribution in [-0.4, -0.2) is 5.16 Å². The highest BCUT2D eigenvalue weighted by Crippen LogP contribution is 2.03. The van der Waals surface area contributed by atoms with E-state index in [4.69, 9.17) is 4.52 Å². The second-order valence-corrected chi connectivity index (χ2v) is 1.78. The van der Waals surface area contributed by atoms with Crippen molar-refractivity contribution < 1.29 is 4.52 Å². The van der Waals surface area contributed by atoms with Crippen LogP contribution in [0.25, 0.3) is 6.08 Å². The first-order valence-corrected chi connectivity index (χ1v) is 2.95. The number of hydrogen-bond donors (Lipinski definition) is 0. The van der Waals surface area contributed by atoms with Gasteiger partial charge in [0.1, 0.15) is 11.5 Å². The van der Waals surface area contributed by atoms with Crippen LogP contribution in [0.5, 0.6) is 0 Å². The minimum Gasteiger partial charge on any atom is -0.361 e. The molecule has 1 aromatic heterocycles. The standard InChI is InChI=1S/C7H9NO/c1-3-6-5-7(4-2)9-8-6/h3,5H,1,4H2,2H3. The number of aromatic nitrogens is 1. The predicted octanol–water partition coefficient (Wildman–Crippen LogP) is 1.88. The lowest BCUT2D eigenvalue weighted by Crippen LogP contribution is -1.68. The Hall–Kier alpha value is -1.05. The third-order valence-corrected chi connectivity index (χ3v) is 1.13. The summed E-state index contributed by atoms with van der Waals surface area (Å²) < 4.78 is 4.88. The SMILES string of the molecule is C=Cc1cc(CC)on1. The van der Waals surface area contributed by atoms with Gasteiger partial charge in [0, 0.05) is 12.5 Å². The summed E-state index contributed by atoms with van der Waals surface area (Å²) in [6, 6.07) is 1.88. The molecule has 0 aromatic carbocycles. The molecule has 0 aliphatic rings. The summed E-state index contributed by atoms with van der Waals surface area (Å²) in [7, 11) is 0. The Balaban J connectivity index is 2.86. The highest BCUT2D eigenvalue weighted by Gasteiger charge is 1.95. The molecule has 0 amide bonds. The van der Waals surface area contributed by atoms with Crippen molar-refractivity contribution in [1.82, 2.24) is 5.16 Å². The van der Waals surface area contributed by atoms with Gasteiger partial charge in [-0.1, -0.05) is 18.7 Å². The van der Waals surface area contributed by atoms with E-state index in [9.17, 15) is 0 Å². The van der Waals surface area contributed by atoms with Crippen LogP contribution in [0.1, 0.15) is 18.4 Å². The minimum atomic E-state index is 0.812. The Morgan fingerprint density at radius 3 is 3.00 bits per heavy atom. The molecule has 0 saturated heterocycles. The minimum absolute atomic E-state index is 0.812. The van der Waals surface area contributed by atoms with Gasteiger partial charge in [-0.15, -0.1) is 0 Å². The Kier molecular flexibility index (Phi) is 1.68. The molecule has 0 aliphatic carbocycles. The van der Waals surface area contributed by atoms with E-state index >= 15 is 0 Å². The summed E-state index contributed by atoms with van der Waals surface area (Å²) >= 11 is 0. The smallest absolute Gasteiger partial charge is 0.137 e. The van der Waals surface area contributed by atoms with Gasteiger partial charge in [-0.05, 0) is 6.08 Å². The molecule has 0 atom stereocenters. The molecule has 0 aliphatic heterocycles. The molecule has 1 heterocycles. The van der Waals surface area contributed by atoms with Gasteiger partial charge in [-0.2, -0.15) is 0 Å². The maximum Gasteiger partial charge on any atom is 0.137 e. The van der Waals surface area contributed by atoms with Gasteiger partial charge in [0.2, 0.25) is 0 Å². The zero-order valence-electron chi connectivity index (χ0n) is 5.42. The van der Waals surface area contributed by atoms with Crippen molar-refractivity contribution in [3.05, 3.63) is 24.1 Å². The second kappa shape index (κ2) is 2.49. The number of hydrogen-bond acceptors (Lipinski definition) is 2. The first-order chi connectivity index (χ1) is 4.36. The first-order valence-electron chi connectivity index (χ1n) is 2.95. The molecular weight excluding hydrogens is 114 g/mol. The fourth-order valence-corrected chi connectivity index (χ4v) is 0.592. The Labute approximate surface area is 54.2 Å². The first kappa shape index (κ1) is 6.08. The zero-order valence-corrected chi connectivity index (χ0v) is 5.42. The van der Waals surface area contributed by atoms with Gasteiger partial charge >= 0.3 is 0 Å². The number of aryl methyl sites for hydroxylation is 1. The van der Waals surface area contributed by atoms with Crippen LogP contribution in [0, 0.1) is 0 Å². The van der Waals surface area contributed by atoms with Gasteiger partial charge in [0.05, 0.1) is 0 Å². The highest BCUT2D eigenvalue weighted by molar-refractivity contribution is 5.40. The molecule has 1 aromatic rings. The monoisotopic (exact) mass is 123 g/mol. The summed E-state index contributed by atoms with van der Waals surface area (Å²) in [5.74, 6) is 0.907. The maximum absolute atomic E-state index is 4.88. The van der Waals surface area contributed by atoms with Crippen molar-refractivity contribution in [2.45, 2.75) is 13.3 Å². The van der Waals surface area contributed by atoms with E-state index < -0.39 is 0 Å². The molecule has 0 N–H and O–H groups in total. The van der Waals surface area contributed by atoms with Gasteiger partial charge < -0.3 is 4.52 Å². The van der Waals surface area contributed by atoms with Crippen molar-refractivity contribution >= 4 is 6.08 Å². The summed E-state index contributed by atoms with van der Waals surface area (Å²) in [4.78, 5) is 0. The second-order valence-electron chi connectivity index (χ2n) is 1.78. The molecule has 2 nitrogen and oxygen atoms in total. The van der Waals surface area contributed by atoms with Crippen LogP contribution in [0.4, 0.5) is 0 Å². The fraction of sp³-hybridized carbons (Fsp3) is 0.286. The molecule has 0 fully saturated rings. The van der Waals surface area contributed by atoms with Crippen molar-refractivity contribution in [3.8, 4) is 0 Å². The number of nitrogens with zero attached hydrogens (tertiary/aromatic N) is 1. The van der Waals surface area contributed by atoms with E-state index in [1.807, 2.05) is 13.0 Å². The Morgan fingerprint density at radius 2 is 2.67 bits per heavy atom. The van der Waals surface area contributed by atoms with Crippen LogP contribution in [0.2, 0.25) is 0 Å². The highest BCUT2D eigenvalue weighted by atomic mass is 16.5. The molecule has 0 unspecified atom stereocenters. The van der Waals surface area contributed by atoms with E-state index in [-0.39, 0.29) is 0 Å². The maximum atomic E-state index is 4.88. The van der Waals surface area contributed by atoms with Crippen LogP contribution in [0.3, 0.4) is 0 Å². The molecule has 0 spiro atoms. The summed E-state index contributed by atoms with van der Waals surface area (Å²) in [6.07, 6.45) is 2.56. The summed E-state index contributed by atoms with van der Waals surface area (Å²) in [6.45, 7) is 5.58. The number of rotatable bonds is 2. The molecule has 0 bridgehead atoms. The largest absolute Gasteiger partial charge is 0.361 e. The average Bonchev–Trinajstić information content (AvgIpc) is 2.34. The third kappa shape index (κ3) is 1.19. The lowest BCUT2D eigenvalue weighted by atomic mass is 10.3. The van der Waals surface area contributed by atoms with E-state index in [0.29, 0.717) is 0 Å². The molecule has 2 heteroatoms. The lowest BCUT2D eigenvalue weighted by molar-refractivity contribution is 0.385. The molecule has 48 valence electrons. The van der Waals surface area contributed by atoms with Crippen molar-refractivity contribution in [2.24, 2.45) is 0 Å². The van der Waals surface area contributed by atoms with Crippen molar-refractivity contribution in [1.29, 1.82) is 0 Å². The van der Waals surface area contributed by atoms with Crippen LogP contribution >= 0.6 is 0 Å². The van der Waals surface area contributed by atoms with Crippen LogP contribution in [0.15, 0.2) is 17.2 Å². The molecular formula is C7H9NO. The third-order valence-electron chi connectivity index (χ3n) is 1.13. The van der Waals surface area contributed by atoms with Crippen LogP contribution in [-0.2, 0) is 6.42 Å². The van der Waals surface area contributed by atoms with Crippen molar-refractivity contribution in [2.75, 3.05) is 0 Å². The van der Waals surface area contributed by atoms with E-state index in [0.717, 1.165) is 17.9 Å². The van der Waals surface area contributed by atoms with E-state index in [1.54, 1.807) is 6.08 Å². The molecule has 0 radical (unpaired) electrons. The lowest BCUT2D eigenvalue weighted by Gasteiger charge is -1.76. The molecule has 0 saturated carbocycles.